The molecule has 1 heterocycles. The van der Waals surface area contributed by atoms with Gasteiger partial charge in [-0.25, -0.2) is 0 Å². The third-order valence-corrected chi connectivity index (χ3v) is 2.55. The number of carbonyl (C=O) groups is 2. The molecule has 0 spiro atoms. The first kappa shape index (κ1) is 12.8. The molecule has 6 nitrogen and oxygen atoms in total. The Bertz CT molecular complexity index is 551. The van der Waals surface area contributed by atoms with E-state index in [9.17, 15) is 9.59 Å². The van der Waals surface area contributed by atoms with Gasteiger partial charge in [0.1, 0.15) is 0 Å². The summed E-state index contributed by atoms with van der Waals surface area (Å²) in [5.41, 5.74) is 0.720. The Hall–Kier alpha value is -2.63. The number of aliphatic carboxylic acids is 1. The van der Waals surface area contributed by atoms with E-state index in [0.717, 1.165) is 5.56 Å². The molecule has 1 atom stereocenters. The monoisotopic (exact) mass is 260 g/mol. The quantitative estimate of drug-likeness (QED) is 0.852. The minimum absolute atomic E-state index is 0.0475. The van der Waals surface area contributed by atoms with Crippen molar-refractivity contribution in [2.24, 2.45) is 0 Å². The van der Waals surface area contributed by atoms with Crippen molar-refractivity contribution >= 4 is 11.9 Å². The molecule has 0 aliphatic rings. The number of hydrogen-bond acceptors (Lipinski definition) is 4. The molecule has 2 rings (SSSR count). The number of nitrogens with zero attached hydrogens (tertiary/aromatic N) is 1. The summed E-state index contributed by atoms with van der Waals surface area (Å²) in [6.45, 7) is 0. The van der Waals surface area contributed by atoms with Crippen LogP contribution in [-0.2, 0) is 4.79 Å². The predicted octanol–water partition coefficient (Wildman–Crippen LogP) is 1.62. The topological polar surface area (TPSA) is 92.4 Å². The molecule has 6 heteroatoms. The van der Waals surface area contributed by atoms with Gasteiger partial charge in [-0.3, -0.25) is 9.59 Å². The fraction of sp³-hybridized carbons (Fsp3) is 0.154. The lowest BCUT2D eigenvalue weighted by Crippen LogP contribution is -2.29. The van der Waals surface area contributed by atoms with Crippen LogP contribution in [0.15, 0.2) is 47.1 Å². The van der Waals surface area contributed by atoms with Gasteiger partial charge in [0.05, 0.1) is 18.7 Å². The molecule has 0 saturated heterocycles. The standard InChI is InChI=1S/C13H12N2O4/c16-12(17)8-10(9-4-2-1-3-5-9)15-13(18)11-6-7-14-19-11/h1-7,10H,8H2,(H,15,18)(H,16,17). The van der Waals surface area contributed by atoms with Crippen molar-refractivity contribution in [1.29, 1.82) is 0 Å². The summed E-state index contributed by atoms with van der Waals surface area (Å²) in [4.78, 5) is 22.7. The zero-order chi connectivity index (χ0) is 13.7. The molecule has 0 radical (unpaired) electrons. The number of nitrogens with one attached hydrogen (secondary N) is 1. The molecule has 1 amide bonds. The Morgan fingerprint density at radius 2 is 2.00 bits per heavy atom. The Kier molecular flexibility index (Phi) is 3.92. The SMILES string of the molecule is O=C(O)CC(NC(=O)c1ccno1)c1ccccc1. The van der Waals surface area contributed by atoms with Crippen molar-refractivity contribution in [2.45, 2.75) is 12.5 Å². The zero-order valence-corrected chi connectivity index (χ0v) is 9.95. The van der Waals surface area contributed by atoms with Crippen LogP contribution in [0.25, 0.3) is 0 Å². The molecule has 1 aromatic heterocycles. The van der Waals surface area contributed by atoms with E-state index in [1.807, 2.05) is 6.07 Å². The summed E-state index contributed by atoms with van der Waals surface area (Å²) in [5.74, 6) is -1.44. The van der Waals surface area contributed by atoms with Crippen molar-refractivity contribution in [2.75, 3.05) is 0 Å². The van der Waals surface area contributed by atoms with Crippen molar-refractivity contribution in [3.8, 4) is 0 Å². The van der Waals surface area contributed by atoms with E-state index in [4.69, 9.17) is 9.63 Å². The number of carbonyl (C=O) groups excluding carboxylic acids is 1. The van der Waals surface area contributed by atoms with Gasteiger partial charge < -0.3 is 14.9 Å². The number of benzene rings is 1. The molecule has 1 unspecified atom stereocenters. The number of rotatable bonds is 5. The zero-order valence-electron chi connectivity index (χ0n) is 9.95. The number of hydrogen-bond donors (Lipinski definition) is 2. The van der Waals surface area contributed by atoms with Crippen molar-refractivity contribution in [3.05, 3.63) is 53.9 Å². The fourth-order valence-electron chi connectivity index (χ4n) is 1.67. The van der Waals surface area contributed by atoms with Gasteiger partial charge >= 0.3 is 5.97 Å². The molecular formula is C13H12N2O4. The highest BCUT2D eigenvalue weighted by atomic mass is 16.5. The molecule has 0 fully saturated rings. The summed E-state index contributed by atoms with van der Waals surface area (Å²) in [7, 11) is 0. The predicted molar refractivity (Wildman–Crippen MR) is 65.4 cm³/mol. The minimum atomic E-state index is -0.994. The normalized spacial score (nSPS) is 11.8. The largest absolute Gasteiger partial charge is 0.481 e. The number of aromatic nitrogens is 1. The van der Waals surface area contributed by atoms with Crippen molar-refractivity contribution in [3.63, 3.8) is 0 Å². The lowest BCUT2D eigenvalue weighted by molar-refractivity contribution is -0.137. The molecule has 0 aliphatic heterocycles. The molecule has 2 aromatic rings. The van der Waals surface area contributed by atoms with Crippen molar-refractivity contribution < 1.29 is 19.2 Å². The van der Waals surface area contributed by atoms with Gasteiger partial charge in [0.15, 0.2) is 0 Å². The van der Waals surface area contributed by atoms with E-state index in [2.05, 4.69) is 10.5 Å². The van der Waals surface area contributed by atoms with E-state index in [1.165, 1.54) is 12.3 Å². The van der Waals surface area contributed by atoms with Gasteiger partial charge in [0.2, 0.25) is 5.76 Å². The first-order valence-corrected chi connectivity index (χ1v) is 5.65. The van der Waals surface area contributed by atoms with Crippen LogP contribution in [0.2, 0.25) is 0 Å². The van der Waals surface area contributed by atoms with Crippen LogP contribution in [0.1, 0.15) is 28.6 Å². The van der Waals surface area contributed by atoms with Gasteiger partial charge in [0, 0.05) is 6.07 Å². The maximum absolute atomic E-state index is 11.8. The Labute approximate surface area is 109 Å². The fourth-order valence-corrected chi connectivity index (χ4v) is 1.67. The number of amides is 1. The highest BCUT2D eigenvalue weighted by Gasteiger charge is 2.20. The molecule has 2 N–H and O–H groups in total. The molecular weight excluding hydrogens is 248 g/mol. The molecule has 0 aliphatic carbocycles. The first-order chi connectivity index (χ1) is 9.16. The summed E-state index contributed by atoms with van der Waals surface area (Å²) >= 11 is 0. The van der Waals surface area contributed by atoms with Crippen molar-refractivity contribution in [1.82, 2.24) is 10.5 Å². The Balaban J connectivity index is 2.15. The van der Waals surface area contributed by atoms with E-state index in [0.29, 0.717) is 0 Å². The molecule has 1 aromatic carbocycles. The van der Waals surface area contributed by atoms with Gasteiger partial charge in [-0.1, -0.05) is 35.5 Å². The highest BCUT2D eigenvalue weighted by Crippen LogP contribution is 2.17. The van der Waals surface area contributed by atoms with Gasteiger partial charge in [-0.15, -0.1) is 0 Å². The highest BCUT2D eigenvalue weighted by molar-refractivity contribution is 5.91. The van der Waals surface area contributed by atoms with E-state index >= 15 is 0 Å². The minimum Gasteiger partial charge on any atom is -0.481 e. The van der Waals surface area contributed by atoms with Crippen LogP contribution in [-0.4, -0.2) is 22.1 Å². The average Bonchev–Trinajstić information content (AvgIpc) is 2.92. The second-order valence-electron chi connectivity index (χ2n) is 3.91. The van der Waals surface area contributed by atoms with Crippen LogP contribution in [0.4, 0.5) is 0 Å². The van der Waals surface area contributed by atoms with Gasteiger partial charge in [0.25, 0.3) is 5.91 Å². The summed E-state index contributed by atoms with van der Waals surface area (Å²) < 4.78 is 4.73. The number of carboxylic acids is 1. The summed E-state index contributed by atoms with van der Waals surface area (Å²) in [6.07, 6.45) is 1.15. The van der Waals surface area contributed by atoms with Crippen LogP contribution >= 0.6 is 0 Å². The van der Waals surface area contributed by atoms with E-state index < -0.39 is 17.9 Å². The number of carboxylic acid groups (broad SMARTS) is 1. The maximum Gasteiger partial charge on any atom is 0.305 e. The molecule has 0 saturated carbocycles. The Morgan fingerprint density at radius 1 is 1.26 bits per heavy atom. The second kappa shape index (κ2) is 5.81. The van der Waals surface area contributed by atoms with E-state index in [1.54, 1.807) is 24.3 Å². The van der Waals surface area contributed by atoms with Gasteiger partial charge in [-0.2, -0.15) is 0 Å². The lowest BCUT2D eigenvalue weighted by Gasteiger charge is -2.16. The average molecular weight is 260 g/mol. The first-order valence-electron chi connectivity index (χ1n) is 5.65. The summed E-state index contributed by atoms with van der Waals surface area (Å²) in [5, 5.41) is 14.9. The maximum atomic E-state index is 11.8. The van der Waals surface area contributed by atoms with Crippen LogP contribution in [0.3, 0.4) is 0 Å². The van der Waals surface area contributed by atoms with Gasteiger partial charge in [-0.05, 0) is 5.56 Å². The van der Waals surface area contributed by atoms with E-state index in [-0.39, 0.29) is 12.2 Å². The third-order valence-electron chi connectivity index (χ3n) is 2.55. The van der Waals surface area contributed by atoms with Crippen LogP contribution in [0.5, 0.6) is 0 Å². The third kappa shape index (κ3) is 3.41. The van der Waals surface area contributed by atoms with Crippen LogP contribution in [0, 0.1) is 0 Å². The lowest BCUT2D eigenvalue weighted by atomic mass is 10.0. The molecule has 98 valence electrons. The Morgan fingerprint density at radius 3 is 2.58 bits per heavy atom. The smallest absolute Gasteiger partial charge is 0.305 e. The second-order valence-corrected chi connectivity index (χ2v) is 3.91. The molecule has 19 heavy (non-hydrogen) atoms. The summed E-state index contributed by atoms with van der Waals surface area (Å²) in [6, 6.07) is 9.70. The van der Waals surface area contributed by atoms with Crippen LogP contribution < -0.4 is 5.32 Å². The molecule has 0 bridgehead atoms.